The maximum atomic E-state index is 12.5. The van der Waals surface area contributed by atoms with Crippen molar-refractivity contribution in [1.29, 1.82) is 0 Å². The highest BCUT2D eigenvalue weighted by atomic mass is 16.5. The van der Waals surface area contributed by atoms with Gasteiger partial charge >= 0.3 is 12.0 Å². The van der Waals surface area contributed by atoms with E-state index in [1.165, 1.54) is 0 Å². The van der Waals surface area contributed by atoms with Gasteiger partial charge in [0, 0.05) is 19.6 Å². The van der Waals surface area contributed by atoms with Crippen LogP contribution in [-0.2, 0) is 9.53 Å². The summed E-state index contributed by atoms with van der Waals surface area (Å²) in [7, 11) is 0. The largest absolute Gasteiger partial charge is 0.481 e. The topological polar surface area (TPSA) is 70.1 Å². The third-order valence-electron chi connectivity index (χ3n) is 4.08. The molecular weight excluding hydrogens is 248 g/mol. The summed E-state index contributed by atoms with van der Waals surface area (Å²) in [5.41, 5.74) is -0.333. The van der Waals surface area contributed by atoms with E-state index < -0.39 is 11.9 Å². The monoisotopic (exact) mass is 270 g/mol. The number of rotatable bonds is 1. The van der Waals surface area contributed by atoms with E-state index in [9.17, 15) is 9.59 Å². The normalized spacial score (nSPS) is 30.5. The maximum absolute atomic E-state index is 12.5. The molecule has 19 heavy (non-hydrogen) atoms. The van der Waals surface area contributed by atoms with Gasteiger partial charge in [-0.1, -0.05) is 6.92 Å². The van der Waals surface area contributed by atoms with Gasteiger partial charge in [-0.15, -0.1) is 0 Å². The zero-order valence-corrected chi connectivity index (χ0v) is 11.8. The van der Waals surface area contributed by atoms with Crippen LogP contribution in [0.2, 0.25) is 0 Å². The molecule has 2 heterocycles. The molecule has 6 nitrogen and oxygen atoms in total. The second-order valence-electron chi connectivity index (χ2n) is 6.13. The van der Waals surface area contributed by atoms with Gasteiger partial charge in [-0.2, -0.15) is 0 Å². The molecule has 2 amide bonds. The predicted molar refractivity (Wildman–Crippen MR) is 68.9 cm³/mol. The Morgan fingerprint density at radius 3 is 2.53 bits per heavy atom. The fourth-order valence-electron chi connectivity index (χ4n) is 2.83. The zero-order valence-electron chi connectivity index (χ0n) is 11.8. The Morgan fingerprint density at radius 2 is 2.00 bits per heavy atom. The Kier molecular flexibility index (Phi) is 3.71. The first-order chi connectivity index (χ1) is 8.83. The molecule has 0 aromatic rings. The van der Waals surface area contributed by atoms with Crippen LogP contribution in [0, 0.1) is 11.8 Å². The van der Waals surface area contributed by atoms with Gasteiger partial charge in [-0.05, 0) is 19.8 Å². The summed E-state index contributed by atoms with van der Waals surface area (Å²) in [5, 5.41) is 9.12. The van der Waals surface area contributed by atoms with Crippen LogP contribution in [0.15, 0.2) is 0 Å². The summed E-state index contributed by atoms with van der Waals surface area (Å²) < 4.78 is 5.40. The molecule has 2 rings (SSSR count). The van der Waals surface area contributed by atoms with Crippen molar-refractivity contribution in [2.75, 3.05) is 32.8 Å². The fourth-order valence-corrected chi connectivity index (χ4v) is 2.83. The minimum atomic E-state index is -0.816. The highest BCUT2D eigenvalue weighted by Gasteiger charge is 2.42. The number of amides is 2. The van der Waals surface area contributed by atoms with Crippen LogP contribution >= 0.6 is 0 Å². The van der Waals surface area contributed by atoms with Gasteiger partial charge in [0.15, 0.2) is 0 Å². The van der Waals surface area contributed by atoms with E-state index in [1.807, 2.05) is 20.8 Å². The van der Waals surface area contributed by atoms with Crippen molar-refractivity contribution >= 4 is 12.0 Å². The number of urea groups is 1. The van der Waals surface area contributed by atoms with Crippen LogP contribution in [0.4, 0.5) is 4.79 Å². The lowest BCUT2D eigenvalue weighted by atomic mass is 9.99. The third-order valence-corrected chi connectivity index (χ3v) is 4.08. The summed E-state index contributed by atoms with van der Waals surface area (Å²) in [4.78, 5) is 27.1. The number of ether oxygens (including phenoxy) is 1. The van der Waals surface area contributed by atoms with E-state index in [0.29, 0.717) is 32.8 Å². The smallest absolute Gasteiger partial charge is 0.320 e. The van der Waals surface area contributed by atoms with Crippen LogP contribution in [0.3, 0.4) is 0 Å². The van der Waals surface area contributed by atoms with Crippen molar-refractivity contribution in [1.82, 2.24) is 9.80 Å². The molecule has 6 heteroatoms. The van der Waals surface area contributed by atoms with Crippen LogP contribution in [0.25, 0.3) is 0 Å². The number of likely N-dealkylation sites (tertiary alicyclic amines) is 1. The molecule has 2 atom stereocenters. The Morgan fingerprint density at radius 1 is 1.32 bits per heavy atom. The molecule has 2 fully saturated rings. The molecule has 0 aromatic carbocycles. The number of carbonyl (C=O) groups excluding carboxylic acids is 1. The van der Waals surface area contributed by atoms with Crippen molar-refractivity contribution in [3.05, 3.63) is 0 Å². The molecule has 2 aliphatic rings. The molecule has 0 aliphatic carbocycles. The standard InChI is InChI=1S/C13H22N2O4/c1-9-6-14(7-10(9)11(16)17)12(18)15-4-5-19-8-13(15,2)3/h9-10H,4-8H2,1-3H3,(H,16,17). The Hall–Kier alpha value is -1.30. The van der Waals surface area contributed by atoms with Crippen molar-refractivity contribution in [2.45, 2.75) is 26.3 Å². The van der Waals surface area contributed by atoms with E-state index in [1.54, 1.807) is 9.80 Å². The maximum Gasteiger partial charge on any atom is 0.320 e. The summed E-state index contributed by atoms with van der Waals surface area (Å²) in [6.07, 6.45) is 0. The highest BCUT2D eigenvalue weighted by molar-refractivity contribution is 5.78. The molecule has 0 aromatic heterocycles. The van der Waals surface area contributed by atoms with Gasteiger partial charge in [-0.25, -0.2) is 4.79 Å². The first-order valence-corrected chi connectivity index (χ1v) is 6.70. The molecule has 2 saturated heterocycles. The number of hydrogen-bond acceptors (Lipinski definition) is 3. The quantitative estimate of drug-likeness (QED) is 0.767. The second-order valence-corrected chi connectivity index (χ2v) is 6.13. The molecule has 1 N–H and O–H groups in total. The van der Waals surface area contributed by atoms with Gasteiger partial charge in [0.05, 0.1) is 24.7 Å². The summed E-state index contributed by atoms with van der Waals surface area (Å²) in [6, 6.07) is -0.0658. The number of nitrogens with zero attached hydrogens (tertiary/aromatic N) is 2. The van der Waals surface area contributed by atoms with E-state index in [4.69, 9.17) is 9.84 Å². The molecule has 0 radical (unpaired) electrons. The van der Waals surface area contributed by atoms with E-state index >= 15 is 0 Å². The van der Waals surface area contributed by atoms with E-state index in [0.717, 1.165) is 0 Å². The predicted octanol–water partition coefficient (Wildman–Crippen LogP) is 0.870. The molecule has 0 saturated carbocycles. The molecule has 2 aliphatic heterocycles. The summed E-state index contributed by atoms with van der Waals surface area (Å²) in [5.74, 6) is -1.26. The van der Waals surface area contributed by atoms with Crippen molar-refractivity contribution in [2.24, 2.45) is 11.8 Å². The third kappa shape index (κ3) is 2.68. The second kappa shape index (κ2) is 5.00. The van der Waals surface area contributed by atoms with Gasteiger partial charge in [-0.3, -0.25) is 4.79 Å². The molecular formula is C13H22N2O4. The Balaban J connectivity index is 2.06. The minimum Gasteiger partial charge on any atom is -0.481 e. The minimum absolute atomic E-state index is 0.00519. The zero-order chi connectivity index (χ0) is 14.2. The average Bonchev–Trinajstić information content (AvgIpc) is 2.70. The Labute approximate surface area is 113 Å². The number of carbonyl (C=O) groups is 2. The summed E-state index contributed by atoms with van der Waals surface area (Å²) >= 11 is 0. The van der Waals surface area contributed by atoms with Gasteiger partial charge in [0.2, 0.25) is 0 Å². The lowest BCUT2D eigenvalue weighted by Gasteiger charge is -2.43. The lowest BCUT2D eigenvalue weighted by molar-refractivity contribution is -0.142. The van der Waals surface area contributed by atoms with E-state index in [2.05, 4.69) is 0 Å². The van der Waals surface area contributed by atoms with Crippen LogP contribution in [0.1, 0.15) is 20.8 Å². The highest BCUT2D eigenvalue weighted by Crippen LogP contribution is 2.27. The number of carboxylic acids is 1. The average molecular weight is 270 g/mol. The van der Waals surface area contributed by atoms with Crippen LogP contribution in [0.5, 0.6) is 0 Å². The molecule has 2 unspecified atom stereocenters. The number of aliphatic carboxylic acids is 1. The lowest BCUT2D eigenvalue weighted by Crippen LogP contribution is -2.58. The van der Waals surface area contributed by atoms with E-state index in [-0.39, 0.29) is 17.5 Å². The van der Waals surface area contributed by atoms with Gasteiger partial charge in [0.25, 0.3) is 0 Å². The first-order valence-electron chi connectivity index (χ1n) is 6.70. The number of morpholine rings is 1. The Bertz CT molecular complexity index is 383. The van der Waals surface area contributed by atoms with Crippen LogP contribution < -0.4 is 0 Å². The number of hydrogen-bond donors (Lipinski definition) is 1. The van der Waals surface area contributed by atoms with Crippen molar-refractivity contribution in [3.8, 4) is 0 Å². The molecule has 0 spiro atoms. The fraction of sp³-hybridized carbons (Fsp3) is 0.846. The van der Waals surface area contributed by atoms with Crippen LogP contribution in [-0.4, -0.2) is 65.3 Å². The van der Waals surface area contributed by atoms with Crippen molar-refractivity contribution in [3.63, 3.8) is 0 Å². The van der Waals surface area contributed by atoms with Crippen molar-refractivity contribution < 1.29 is 19.4 Å². The SMILES string of the molecule is CC1CN(C(=O)N2CCOCC2(C)C)CC1C(=O)O. The molecule has 108 valence electrons. The number of carboxylic acid groups (broad SMARTS) is 1. The first kappa shape index (κ1) is 14.1. The summed E-state index contributed by atoms with van der Waals surface area (Å²) in [6.45, 7) is 8.28. The van der Waals surface area contributed by atoms with Gasteiger partial charge < -0.3 is 19.6 Å². The van der Waals surface area contributed by atoms with Gasteiger partial charge in [0.1, 0.15) is 0 Å². The molecule has 0 bridgehead atoms.